The van der Waals surface area contributed by atoms with Gasteiger partial charge in [0.15, 0.2) is 0 Å². The van der Waals surface area contributed by atoms with Gasteiger partial charge in [0.25, 0.3) is 0 Å². The maximum atomic E-state index is 5.25. The molecule has 0 unspecified atom stereocenters. The average molecular weight is 504 g/mol. The lowest BCUT2D eigenvalue weighted by atomic mass is 9.75. The van der Waals surface area contributed by atoms with Crippen molar-refractivity contribution in [2.24, 2.45) is 0 Å². The second-order valence-corrected chi connectivity index (χ2v) is 13.6. The maximum Gasteiger partial charge on any atom is 0.0507 e. The predicted octanol–water partition coefficient (Wildman–Crippen LogP) is 9.55. The Bertz CT molecular complexity index is 1370. The van der Waals surface area contributed by atoms with Gasteiger partial charge >= 0.3 is 0 Å². The van der Waals surface area contributed by atoms with Crippen LogP contribution in [0.25, 0.3) is 0 Å². The first-order valence-corrected chi connectivity index (χ1v) is 14.0. The average Bonchev–Trinajstić information content (AvgIpc) is 2.89. The lowest BCUT2D eigenvalue weighted by Crippen LogP contribution is -2.26. The molecule has 0 atom stereocenters. The fourth-order valence-electron chi connectivity index (χ4n) is 5.39. The zero-order valence-electron chi connectivity index (χ0n) is 24.9. The number of benzene rings is 3. The van der Waals surface area contributed by atoms with Crippen molar-refractivity contribution in [1.82, 2.24) is 4.98 Å². The Hall–Kier alpha value is -3.19. The predicted molar refractivity (Wildman–Crippen MR) is 163 cm³/mol. The molecule has 0 radical (unpaired) electrons. The first-order valence-electron chi connectivity index (χ1n) is 14.0. The molecule has 4 aromatic rings. The summed E-state index contributed by atoms with van der Waals surface area (Å²) in [6, 6.07) is 35.5. The van der Waals surface area contributed by atoms with E-state index in [2.05, 4.69) is 159 Å². The fourth-order valence-corrected chi connectivity index (χ4v) is 5.39. The topological polar surface area (TPSA) is 12.9 Å². The summed E-state index contributed by atoms with van der Waals surface area (Å²) in [4.78, 5) is 5.25. The van der Waals surface area contributed by atoms with E-state index in [1.54, 1.807) is 0 Å². The molecule has 4 rings (SSSR count). The number of aromatic nitrogens is 1. The molecule has 1 nitrogen and oxygen atoms in total. The number of hydrogen-bond acceptors (Lipinski definition) is 1. The van der Waals surface area contributed by atoms with Crippen LogP contribution in [-0.4, -0.2) is 4.98 Å². The minimum atomic E-state index is -0.211. The van der Waals surface area contributed by atoms with Crippen molar-refractivity contribution in [3.05, 3.63) is 136 Å². The molecular weight excluding hydrogens is 458 g/mol. The first-order chi connectivity index (χ1) is 17.7. The summed E-state index contributed by atoms with van der Waals surface area (Å²) in [6.45, 7) is 20.6. The van der Waals surface area contributed by atoms with Gasteiger partial charge in [-0.1, -0.05) is 147 Å². The summed E-state index contributed by atoms with van der Waals surface area (Å²) in [7, 11) is 0. The second-order valence-electron chi connectivity index (χ2n) is 13.6. The van der Waals surface area contributed by atoms with Crippen LogP contribution in [0, 0.1) is 0 Å². The Labute approximate surface area is 231 Å². The Balaban J connectivity index is 1.61. The van der Waals surface area contributed by atoms with E-state index in [4.69, 9.17) is 4.98 Å². The van der Waals surface area contributed by atoms with E-state index in [1.165, 1.54) is 27.8 Å². The molecule has 198 valence electrons. The highest BCUT2D eigenvalue weighted by molar-refractivity contribution is 5.41. The summed E-state index contributed by atoms with van der Waals surface area (Å²) < 4.78 is 0. The third-order valence-electron chi connectivity index (χ3n) is 8.35. The molecule has 0 spiro atoms. The summed E-state index contributed by atoms with van der Waals surface area (Å²) in [5.74, 6) is 0. The van der Waals surface area contributed by atoms with Crippen molar-refractivity contribution < 1.29 is 0 Å². The molecule has 0 saturated carbocycles. The van der Waals surface area contributed by atoms with E-state index in [1.807, 2.05) is 0 Å². The summed E-state index contributed by atoms with van der Waals surface area (Å²) in [6.07, 6.45) is 0.986. The van der Waals surface area contributed by atoms with Crippen LogP contribution in [0.5, 0.6) is 0 Å². The van der Waals surface area contributed by atoms with Crippen LogP contribution in [0.4, 0.5) is 0 Å². The molecule has 1 heterocycles. The molecule has 0 aliphatic heterocycles. The SMILES string of the molecule is CC(C)(C)c1ccc(C(C)(C)Cc2cccc(C(C)(C)c3cccc(C(C)(C)c4ccccc4)n3)c2)cc1. The largest absolute Gasteiger partial charge is 0.256 e. The van der Waals surface area contributed by atoms with Gasteiger partial charge in [-0.25, -0.2) is 0 Å². The molecule has 0 aliphatic rings. The zero-order valence-corrected chi connectivity index (χ0v) is 24.9. The Morgan fingerprint density at radius 1 is 0.474 bits per heavy atom. The zero-order chi connectivity index (χ0) is 27.8. The highest BCUT2D eigenvalue weighted by Gasteiger charge is 2.30. The van der Waals surface area contributed by atoms with E-state index >= 15 is 0 Å². The lowest BCUT2D eigenvalue weighted by molar-refractivity contribution is 0.518. The van der Waals surface area contributed by atoms with Crippen molar-refractivity contribution in [3.63, 3.8) is 0 Å². The molecule has 0 bridgehead atoms. The highest BCUT2D eigenvalue weighted by Crippen LogP contribution is 2.36. The van der Waals surface area contributed by atoms with E-state index in [-0.39, 0.29) is 21.7 Å². The third-order valence-corrected chi connectivity index (χ3v) is 8.35. The standard InChI is InChI=1S/C37H45N/c1-34(2,3)28-21-23-29(24-22-28)35(4,5)26-27-15-13-18-31(25-27)37(8,9)33-20-14-19-32(38-33)36(6,7)30-16-11-10-12-17-30/h10-25H,26H2,1-9H3. The monoisotopic (exact) mass is 503 g/mol. The minimum Gasteiger partial charge on any atom is -0.256 e. The quantitative estimate of drug-likeness (QED) is 0.245. The maximum absolute atomic E-state index is 5.25. The fraction of sp³-hybridized carbons (Fsp3) is 0.378. The van der Waals surface area contributed by atoms with Gasteiger partial charge in [0, 0.05) is 10.8 Å². The van der Waals surface area contributed by atoms with Gasteiger partial charge in [-0.2, -0.15) is 0 Å². The Kier molecular flexibility index (Phi) is 7.45. The van der Waals surface area contributed by atoms with Gasteiger partial charge in [-0.3, -0.25) is 4.98 Å². The number of nitrogens with zero attached hydrogens (tertiary/aromatic N) is 1. The van der Waals surface area contributed by atoms with Gasteiger partial charge in [0.1, 0.15) is 0 Å². The van der Waals surface area contributed by atoms with Crippen molar-refractivity contribution in [2.75, 3.05) is 0 Å². The van der Waals surface area contributed by atoms with E-state index in [9.17, 15) is 0 Å². The summed E-state index contributed by atoms with van der Waals surface area (Å²) in [5.41, 5.74) is 8.75. The molecule has 0 fully saturated rings. The van der Waals surface area contributed by atoms with Gasteiger partial charge < -0.3 is 0 Å². The number of pyridine rings is 1. The molecule has 38 heavy (non-hydrogen) atoms. The van der Waals surface area contributed by atoms with Gasteiger partial charge in [-0.15, -0.1) is 0 Å². The van der Waals surface area contributed by atoms with Gasteiger partial charge in [0.05, 0.1) is 11.4 Å². The van der Waals surface area contributed by atoms with Crippen molar-refractivity contribution in [1.29, 1.82) is 0 Å². The van der Waals surface area contributed by atoms with Gasteiger partial charge in [0.2, 0.25) is 0 Å². The van der Waals surface area contributed by atoms with Crippen LogP contribution in [0.2, 0.25) is 0 Å². The smallest absolute Gasteiger partial charge is 0.0507 e. The molecule has 0 N–H and O–H groups in total. The van der Waals surface area contributed by atoms with Crippen molar-refractivity contribution in [3.8, 4) is 0 Å². The number of rotatable bonds is 7. The summed E-state index contributed by atoms with van der Waals surface area (Å²) in [5, 5.41) is 0. The normalized spacial score (nSPS) is 13.0. The molecule has 0 aliphatic carbocycles. The number of hydrogen-bond donors (Lipinski definition) is 0. The summed E-state index contributed by atoms with van der Waals surface area (Å²) >= 11 is 0. The van der Waals surface area contributed by atoms with Crippen LogP contribution >= 0.6 is 0 Å². The van der Waals surface area contributed by atoms with Crippen LogP contribution in [0.3, 0.4) is 0 Å². The molecule has 1 heteroatoms. The van der Waals surface area contributed by atoms with Crippen LogP contribution < -0.4 is 0 Å². The first kappa shape index (κ1) is 27.8. The molecule has 3 aromatic carbocycles. The highest BCUT2D eigenvalue weighted by atomic mass is 14.8. The molecular formula is C37H45N. The van der Waals surface area contributed by atoms with Gasteiger partial charge in [-0.05, 0) is 57.2 Å². The van der Waals surface area contributed by atoms with Crippen molar-refractivity contribution >= 4 is 0 Å². The molecule has 1 aromatic heterocycles. The van der Waals surface area contributed by atoms with E-state index < -0.39 is 0 Å². The van der Waals surface area contributed by atoms with Crippen molar-refractivity contribution in [2.45, 2.75) is 90.4 Å². The Morgan fingerprint density at radius 3 is 1.55 bits per heavy atom. The minimum absolute atomic E-state index is 0.0387. The van der Waals surface area contributed by atoms with E-state index in [0.717, 1.165) is 17.8 Å². The van der Waals surface area contributed by atoms with E-state index in [0.29, 0.717) is 0 Å². The Morgan fingerprint density at radius 2 is 0.974 bits per heavy atom. The molecule has 0 saturated heterocycles. The van der Waals surface area contributed by atoms with Crippen LogP contribution in [0.1, 0.15) is 102 Å². The third kappa shape index (κ3) is 5.78. The molecule has 0 amide bonds. The van der Waals surface area contributed by atoms with Crippen LogP contribution in [0.15, 0.2) is 97.1 Å². The second kappa shape index (κ2) is 10.2. The van der Waals surface area contributed by atoms with Crippen LogP contribution in [-0.2, 0) is 28.1 Å². The lowest BCUT2D eigenvalue weighted by Gasteiger charge is -2.30.